The van der Waals surface area contributed by atoms with Crippen LogP contribution in [0.2, 0.25) is 5.02 Å². The van der Waals surface area contributed by atoms with E-state index in [2.05, 4.69) is 15.4 Å². The zero-order valence-electron chi connectivity index (χ0n) is 13.8. The van der Waals surface area contributed by atoms with Crippen LogP contribution in [0.4, 0.5) is 5.69 Å². The van der Waals surface area contributed by atoms with Crippen LogP contribution in [0.15, 0.2) is 55.1 Å². The van der Waals surface area contributed by atoms with E-state index in [4.69, 9.17) is 11.6 Å². The van der Waals surface area contributed by atoms with Gasteiger partial charge < -0.3 is 5.32 Å². The molecule has 0 unspecified atom stereocenters. The van der Waals surface area contributed by atoms with Crippen LogP contribution >= 0.6 is 11.6 Å². The summed E-state index contributed by atoms with van der Waals surface area (Å²) in [4.78, 5) is 16.4. The zero-order chi connectivity index (χ0) is 18.7. The largest absolute Gasteiger partial charge is 0.320 e. The highest BCUT2D eigenvalue weighted by Crippen LogP contribution is 2.24. The first-order valence-electron chi connectivity index (χ1n) is 7.54. The second kappa shape index (κ2) is 7.27. The van der Waals surface area contributed by atoms with Gasteiger partial charge in [-0.3, -0.25) is 4.79 Å². The summed E-state index contributed by atoms with van der Waals surface area (Å²) in [6.07, 6.45) is 4.07. The highest BCUT2D eigenvalue weighted by atomic mass is 35.5. The summed E-state index contributed by atoms with van der Waals surface area (Å²) in [5, 5.41) is 7.32. The van der Waals surface area contributed by atoms with Gasteiger partial charge in [-0.2, -0.15) is 5.10 Å². The third kappa shape index (κ3) is 4.47. The Kier molecular flexibility index (Phi) is 5.06. The molecule has 1 heterocycles. The van der Waals surface area contributed by atoms with E-state index < -0.39 is 9.84 Å². The Morgan fingerprint density at radius 2 is 1.92 bits per heavy atom. The molecule has 0 aliphatic heterocycles. The summed E-state index contributed by atoms with van der Waals surface area (Å²) in [7, 11) is -3.13. The highest BCUT2D eigenvalue weighted by Gasteiger charge is 2.12. The number of carbonyl (C=O) groups is 1. The van der Waals surface area contributed by atoms with Gasteiger partial charge in [0, 0.05) is 16.8 Å². The van der Waals surface area contributed by atoms with Gasteiger partial charge in [0.05, 0.1) is 17.1 Å². The van der Waals surface area contributed by atoms with E-state index in [1.165, 1.54) is 23.6 Å². The van der Waals surface area contributed by atoms with Crippen molar-refractivity contribution in [1.82, 2.24) is 14.8 Å². The Bertz CT molecular complexity index is 1030. The van der Waals surface area contributed by atoms with Crippen molar-refractivity contribution in [3.8, 4) is 5.69 Å². The number of sulfone groups is 1. The first-order valence-corrected chi connectivity index (χ1v) is 9.98. The van der Waals surface area contributed by atoms with Crippen molar-refractivity contribution in [3.05, 3.63) is 71.3 Å². The zero-order valence-corrected chi connectivity index (χ0v) is 15.3. The molecule has 0 aliphatic rings. The van der Waals surface area contributed by atoms with Gasteiger partial charge in [-0.15, -0.1) is 0 Å². The maximum Gasteiger partial charge on any atom is 0.255 e. The average Bonchev–Trinajstić information content (AvgIpc) is 3.08. The summed E-state index contributed by atoms with van der Waals surface area (Å²) in [6.45, 7) is 0. The highest BCUT2D eigenvalue weighted by molar-refractivity contribution is 7.89. The molecule has 1 aromatic heterocycles. The Morgan fingerprint density at radius 3 is 2.54 bits per heavy atom. The second-order valence-corrected chi connectivity index (χ2v) is 8.30. The standard InChI is InChI=1S/C17H15ClN4O3S/c1-26(24,25)9-12-2-4-13(5-3-12)17(23)21-15-8-14(18)6-7-16(15)22-11-19-10-20-22/h2-8,10-11H,9H2,1H3,(H,21,23). The number of aromatic nitrogens is 3. The van der Waals surface area contributed by atoms with Crippen molar-refractivity contribution >= 4 is 33.0 Å². The number of carbonyl (C=O) groups excluding carboxylic acids is 1. The minimum absolute atomic E-state index is 0.0698. The quantitative estimate of drug-likeness (QED) is 0.722. The van der Waals surface area contributed by atoms with Crippen molar-refractivity contribution < 1.29 is 13.2 Å². The number of rotatable bonds is 5. The first-order chi connectivity index (χ1) is 12.3. The predicted octanol–water partition coefficient (Wildman–Crippen LogP) is 2.72. The van der Waals surface area contributed by atoms with Gasteiger partial charge in [0.2, 0.25) is 0 Å². The lowest BCUT2D eigenvalue weighted by molar-refractivity contribution is 0.102. The van der Waals surface area contributed by atoms with Crippen LogP contribution in [-0.4, -0.2) is 35.3 Å². The summed E-state index contributed by atoms with van der Waals surface area (Å²) in [5.41, 5.74) is 2.11. The fourth-order valence-electron chi connectivity index (χ4n) is 2.39. The van der Waals surface area contributed by atoms with E-state index in [0.717, 1.165) is 0 Å². The van der Waals surface area contributed by atoms with Crippen molar-refractivity contribution in [1.29, 1.82) is 0 Å². The third-order valence-corrected chi connectivity index (χ3v) is 4.61. The number of nitrogens with one attached hydrogen (secondary N) is 1. The van der Waals surface area contributed by atoms with E-state index in [1.54, 1.807) is 42.5 Å². The lowest BCUT2D eigenvalue weighted by atomic mass is 10.1. The molecule has 134 valence electrons. The fourth-order valence-corrected chi connectivity index (χ4v) is 3.36. The molecule has 3 aromatic rings. The number of anilines is 1. The minimum Gasteiger partial charge on any atom is -0.320 e. The molecule has 2 aromatic carbocycles. The number of amides is 1. The molecule has 0 spiro atoms. The summed E-state index contributed by atoms with van der Waals surface area (Å²) < 4.78 is 24.2. The molecule has 0 bridgehead atoms. The number of hydrogen-bond acceptors (Lipinski definition) is 5. The van der Waals surface area contributed by atoms with E-state index in [9.17, 15) is 13.2 Å². The molecule has 3 rings (SSSR count). The smallest absolute Gasteiger partial charge is 0.255 e. The molecule has 26 heavy (non-hydrogen) atoms. The molecule has 1 N–H and O–H groups in total. The molecule has 0 saturated carbocycles. The molecule has 0 saturated heterocycles. The third-order valence-electron chi connectivity index (χ3n) is 3.52. The van der Waals surface area contributed by atoms with Gasteiger partial charge in [-0.05, 0) is 35.9 Å². The number of nitrogens with zero attached hydrogens (tertiary/aromatic N) is 3. The van der Waals surface area contributed by atoms with Crippen LogP contribution < -0.4 is 5.32 Å². The lowest BCUT2D eigenvalue weighted by Crippen LogP contribution is -2.14. The van der Waals surface area contributed by atoms with Gasteiger partial charge in [0.15, 0.2) is 9.84 Å². The van der Waals surface area contributed by atoms with Crippen LogP contribution in [0.1, 0.15) is 15.9 Å². The Balaban J connectivity index is 1.83. The summed E-state index contributed by atoms with van der Waals surface area (Å²) >= 11 is 6.04. The van der Waals surface area contributed by atoms with Crippen LogP contribution in [0.5, 0.6) is 0 Å². The SMILES string of the molecule is CS(=O)(=O)Cc1ccc(C(=O)Nc2cc(Cl)ccc2-n2cncn2)cc1. The molecule has 0 aliphatic carbocycles. The van der Waals surface area contributed by atoms with E-state index in [1.807, 2.05) is 0 Å². The Labute approximate surface area is 155 Å². The first kappa shape index (κ1) is 18.1. The van der Waals surface area contributed by atoms with Crippen LogP contribution in [0, 0.1) is 0 Å². The monoisotopic (exact) mass is 390 g/mol. The van der Waals surface area contributed by atoms with Crippen molar-refractivity contribution in [2.24, 2.45) is 0 Å². The van der Waals surface area contributed by atoms with Crippen molar-refractivity contribution in [2.45, 2.75) is 5.75 Å². The second-order valence-electron chi connectivity index (χ2n) is 5.72. The van der Waals surface area contributed by atoms with Crippen LogP contribution in [0.25, 0.3) is 5.69 Å². The van der Waals surface area contributed by atoms with Crippen molar-refractivity contribution in [3.63, 3.8) is 0 Å². The van der Waals surface area contributed by atoms with Gasteiger partial charge in [0.25, 0.3) is 5.91 Å². The number of benzene rings is 2. The average molecular weight is 391 g/mol. The fraction of sp³-hybridized carbons (Fsp3) is 0.118. The molecule has 0 radical (unpaired) electrons. The van der Waals surface area contributed by atoms with E-state index >= 15 is 0 Å². The van der Waals surface area contributed by atoms with Gasteiger partial charge in [-0.25, -0.2) is 18.1 Å². The molecule has 9 heteroatoms. The topological polar surface area (TPSA) is 94.0 Å². The van der Waals surface area contributed by atoms with E-state index in [0.29, 0.717) is 27.5 Å². The molecule has 0 fully saturated rings. The molecule has 7 nitrogen and oxygen atoms in total. The molecule has 1 amide bonds. The summed E-state index contributed by atoms with van der Waals surface area (Å²) in [6, 6.07) is 11.4. The maximum absolute atomic E-state index is 12.5. The van der Waals surface area contributed by atoms with Gasteiger partial charge >= 0.3 is 0 Å². The predicted molar refractivity (Wildman–Crippen MR) is 99.3 cm³/mol. The number of hydrogen-bond donors (Lipinski definition) is 1. The number of halogens is 1. The maximum atomic E-state index is 12.5. The van der Waals surface area contributed by atoms with Crippen molar-refractivity contribution in [2.75, 3.05) is 11.6 Å². The molecular formula is C17H15ClN4O3S. The summed E-state index contributed by atoms with van der Waals surface area (Å²) in [5.74, 6) is -0.417. The van der Waals surface area contributed by atoms with Crippen LogP contribution in [-0.2, 0) is 15.6 Å². The molecular weight excluding hydrogens is 376 g/mol. The normalized spacial score (nSPS) is 11.3. The van der Waals surface area contributed by atoms with E-state index in [-0.39, 0.29) is 11.7 Å². The minimum atomic E-state index is -3.13. The van der Waals surface area contributed by atoms with Crippen LogP contribution in [0.3, 0.4) is 0 Å². The van der Waals surface area contributed by atoms with Gasteiger partial charge in [0.1, 0.15) is 12.7 Å². The Morgan fingerprint density at radius 1 is 1.19 bits per heavy atom. The Hall–Kier alpha value is -2.71. The van der Waals surface area contributed by atoms with Gasteiger partial charge in [-0.1, -0.05) is 23.7 Å². The molecule has 0 atom stereocenters. The lowest BCUT2D eigenvalue weighted by Gasteiger charge is -2.11.